The van der Waals surface area contributed by atoms with Gasteiger partial charge in [0.1, 0.15) is 0 Å². The number of rotatable bonds is 1. The van der Waals surface area contributed by atoms with Gasteiger partial charge in [0.25, 0.3) is 0 Å². The van der Waals surface area contributed by atoms with Gasteiger partial charge in [-0.25, -0.2) is 0 Å². The van der Waals surface area contributed by atoms with Gasteiger partial charge in [-0.2, -0.15) is 0 Å². The van der Waals surface area contributed by atoms with Crippen LogP contribution in [0.1, 0.15) is 50.7 Å². The van der Waals surface area contributed by atoms with E-state index in [2.05, 4.69) is 31.8 Å². The third kappa shape index (κ3) is 2.27. The van der Waals surface area contributed by atoms with Gasteiger partial charge in [-0.3, -0.25) is 4.98 Å². The molecule has 2 rings (SSSR count). The zero-order chi connectivity index (χ0) is 11.8. The molecule has 2 N–H and O–H groups in total. The molecule has 1 heterocycles. The fourth-order valence-corrected chi connectivity index (χ4v) is 2.99. The monoisotopic (exact) mass is 218 g/mol. The largest absolute Gasteiger partial charge is 0.321 e. The Labute approximate surface area is 98.3 Å². The highest BCUT2D eigenvalue weighted by atomic mass is 14.8. The van der Waals surface area contributed by atoms with Gasteiger partial charge in [0.05, 0.1) is 0 Å². The molecule has 0 radical (unpaired) electrons. The molecule has 0 aromatic carbocycles. The summed E-state index contributed by atoms with van der Waals surface area (Å²) in [5, 5.41) is 0. The third-order valence-electron chi connectivity index (χ3n) is 3.72. The zero-order valence-corrected chi connectivity index (χ0v) is 10.6. The van der Waals surface area contributed by atoms with Crippen LogP contribution < -0.4 is 5.73 Å². The Balaban J connectivity index is 2.31. The SMILES string of the molecule is Cc1cncc(C2(N)CCCC(C)(C)C2)c1. The molecule has 1 fully saturated rings. The summed E-state index contributed by atoms with van der Waals surface area (Å²) in [6, 6.07) is 2.19. The maximum absolute atomic E-state index is 6.58. The van der Waals surface area contributed by atoms with Crippen molar-refractivity contribution in [3.05, 3.63) is 29.6 Å². The lowest BCUT2D eigenvalue weighted by Crippen LogP contribution is -2.44. The highest BCUT2D eigenvalue weighted by Crippen LogP contribution is 2.44. The summed E-state index contributed by atoms with van der Waals surface area (Å²) in [4.78, 5) is 4.27. The molecule has 16 heavy (non-hydrogen) atoms. The summed E-state index contributed by atoms with van der Waals surface area (Å²) < 4.78 is 0. The highest BCUT2D eigenvalue weighted by molar-refractivity contribution is 5.25. The summed E-state index contributed by atoms with van der Waals surface area (Å²) in [5.41, 5.74) is 9.19. The first-order valence-corrected chi connectivity index (χ1v) is 6.12. The van der Waals surface area contributed by atoms with Crippen molar-refractivity contribution in [2.24, 2.45) is 11.1 Å². The van der Waals surface area contributed by atoms with Gasteiger partial charge in [-0.1, -0.05) is 26.3 Å². The molecule has 0 spiro atoms. The molecular formula is C14H22N2. The van der Waals surface area contributed by atoms with E-state index in [0.717, 1.165) is 12.8 Å². The number of hydrogen-bond acceptors (Lipinski definition) is 2. The minimum absolute atomic E-state index is 0.166. The van der Waals surface area contributed by atoms with Crippen molar-refractivity contribution in [2.45, 2.75) is 52.0 Å². The van der Waals surface area contributed by atoms with Crippen LogP contribution in [0.2, 0.25) is 0 Å². The van der Waals surface area contributed by atoms with Gasteiger partial charge >= 0.3 is 0 Å². The van der Waals surface area contributed by atoms with Crippen molar-refractivity contribution in [3.63, 3.8) is 0 Å². The summed E-state index contributed by atoms with van der Waals surface area (Å²) >= 11 is 0. The highest BCUT2D eigenvalue weighted by Gasteiger charge is 2.38. The van der Waals surface area contributed by atoms with Crippen molar-refractivity contribution in [1.29, 1.82) is 0 Å². The van der Waals surface area contributed by atoms with E-state index in [1.54, 1.807) is 0 Å². The molecule has 1 saturated carbocycles. The predicted octanol–water partition coefficient (Wildman–Crippen LogP) is 3.14. The van der Waals surface area contributed by atoms with Crippen LogP contribution in [-0.4, -0.2) is 4.98 Å². The summed E-state index contributed by atoms with van der Waals surface area (Å²) in [7, 11) is 0. The van der Waals surface area contributed by atoms with E-state index in [4.69, 9.17) is 5.73 Å². The Kier molecular flexibility index (Phi) is 2.79. The van der Waals surface area contributed by atoms with Gasteiger partial charge in [-0.15, -0.1) is 0 Å². The molecule has 1 aliphatic carbocycles. The maximum atomic E-state index is 6.58. The topological polar surface area (TPSA) is 38.9 Å². The third-order valence-corrected chi connectivity index (χ3v) is 3.72. The number of aromatic nitrogens is 1. The number of nitrogens with zero attached hydrogens (tertiary/aromatic N) is 1. The molecule has 2 nitrogen and oxygen atoms in total. The van der Waals surface area contributed by atoms with Crippen molar-refractivity contribution >= 4 is 0 Å². The molecule has 0 amide bonds. The van der Waals surface area contributed by atoms with Crippen molar-refractivity contribution in [2.75, 3.05) is 0 Å². The van der Waals surface area contributed by atoms with E-state index < -0.39 is 0 Å². The molecule has 1 atom stereocenters. The van der Waals surface area contributed by atoms with E-state index in [9.17, 15) is 0 Å². The van der Waals surface area contributed by atoms with Crippen molar-refractivity contribution in [3.8, 4) is 0 Å². The first-order valence-electron chi connectivity index (χ1n) is 6.12. The second kappa shape index (κ2) is 3.85. The van der Waals surface area contributed by atoms with Gasteiger partial charge in [0, 0.05) is 17.9 Å². The van der Waals surface area contributed by atoms with E-state index in [1.165, 1.54) is 24.0 Å². The molecule has 0 saturated heterocycles. The van der Waals surface area contributed by atoms with E-state index in [1.807, 2.05) is 12.4 Å². The summed E-state index contributed by atoms with van der Waals surface area (Å²) in [5.74, 6) is 0. The van der Waals surface area contributed by atoms with Crippen molar-refractivity contribution < 1.29 is 0 Å². The Bertz CT molecular complexity index is 384. The van der Waals surface area contributed by atoms with E-state index in [-0.39, 0.29) is 5.54 Å². The molecule has 2 heteroatoms. The second-order valence-electron chi connectivity index (χ2n) is 6.10. The fraction of sp³-hybridized carbons (Fsp3) is 0.643. The van der Waals surface area contributed by atoms with Crippen LogP contribution >= 0.6 is 0 Å². The van der Waals surface area contributed by atoms with Crippen LogP contribution in [0.4, 0.5) is 0 Å². The number of pyridine rings is 1. The average molecular weight is 218 g/mol. The zero-order valence-electron chi connectivity index (χ0n) is 10.6. The quantitative estimate of drug-likeness (QED) is 0.786. The summed E-state index contributed by atoms with van der Waals surface area (Å²) in [6.07, 6.45) is 8.48. The van der Waals surface area contributed by atoms with Crippen LogP contribution in [0.5, 0.6) is 0 Å². The molecule has 0 bridgehead atoms. The van der Waals surface area contributed by atoms with Crippen LogP contribution in [0.3, 0.4) is 0 Å². The molecule has 1 unspecified atom stereocenters. The first-order chi connectivity index (χ1) is 7.41. The Morgan fingerprint density at radius 1 is 1.25 bits per heavy atom. The first kappa shape index (κ1) is 11.6. The van der Waals surface area contributed by atoms with Crippen LogP contribution in [0.15, 0.2) is 18.5 Å². The molecule has 1 aromatic heterocycles. The smallest absolute Gasteiger partial charge is 0.0430 e. The van der Waals surface area contributed by atoms with Gasteiger partial charge in [0.2, 0.25) is 0 Å². The van der Waals surface area contributed by atoms with E-state index in [0.29, 0.717) is 5.41 Å². The van der Waals surface area contributed by atoms with Crippen LogP contribution in [0, 0.1) is 12.3 Å². The predicted molar refractivity (Wildman–Crippen MR) is 67.1 cm³/mol. The second-order valence-corrected chi connectivity index (χ2v) is 6.10. The van der Waals surface area contributed by atoms with Crippen molar-refractivity contribution in [1.82, 2.24) is 4.98 Å². The standard InChI is InChI=1S/C14H22N2/c1-11-7-12(9-16-8-11)14(15)6-4-5-13(2,3)10-14/h7-9H,4-6,10,15H2,1-3H3. The molecule has 1 aromatic rings. The Morgan fingerprint density at radius 3 is 2.62 bits per heavy atom. The summed E-state index contributed by atoms with van der Waals surface area (Å²) in [6.45, 7) is 6.71. The lowest BCUT2D eigenvalue weighted by atomic mass is 9.66. The van der Waals surface area contributed by atoms with Gasteiger partial charge < -0.3 is 5.73 Å². The molecular weight excluding hydrogens is 196 g/mol. The Hall–Kier alpha value is -0.890. The number of hydrogen-bond donors (Lipinski definition) is 1. The van der Waals surface area contributed by atoms with Crippen LogP contribution in [-0.2, 0) is 5.54 Å². The fourth-order valence-electron chi connectivity index (χ4n) is 2.99. The van der Waals surface area contributed by atoms with Gasteiger partial charge in [0.15, 0.2) is 0 Å². The van der Waals surface area contributed by atoms with Crippen LogP contribution in [0.25, 0.3) is 0 Å². The lowest BCUT2D eigenvalue weighted by Gasteiger charge is -2.42. The average Bonchev–Trinajstić information content (AvgIpc) is 2.15. The lowest BCUT2D eigenvalue weighted by molar-refractivity contribution is 0.151. The number of nitrogens with two attached hydrogens (primary N) is 1. The minimum atomic E-state index is -0.166. The Morgan fingerprint density at radius 2 is 2.00 bits per heavy atom. The molecule has 0 aliphatic heterocycles. The molecule has 1 aliphatic rings. The maximum Gasteiger partial charge on any atom is 0.0430 e. The van der Waals surface area contributed by atoms with E-state index >= 15 is 0 Å². The van der Waals surface area contributed by atoms with Gasteiger partial charge in [-0.05, 0) is 42.7 Å². The minimum Gasteiger partial charge on any atom is -0.321 e. The molecule has 88 valence electrons. The number of aryl methyl sites for hydroxylation is 1. The normalized spacial score (nSPS) is 29.0.